The van der Waals surface area contributed by atoms with Crippen LogP contribution in [-0.2, 0) is 0 Å². The highest BCUT2D eigenvalue weighted by molar-refractivity contribution is 5.91. The van der Waals surface area contributed by atoms with Gasteiger partial charge in [0, 0.05) is 12.0 Å². The molecule has 0 atom stereocenters. The molecule has 1 aromatic heterocycles. The Morgan fingerprint density at radius 2 is 2.24 bits per heavy atom. The summed E-state index contributed by atoms with van der Waals surface area (Å²) in [5.74, 6) is -0.302. The predicted molar refractivity (Wildman–Crippen MR) is 64.3 cm³/mol. The first-order valence-electron chi connectivity index (χ1n) is 5.94. The molecule has 1 saturated carbocycles. The number of hydrogen-bond donors (Lipinski definition) is 2. The van der Waals surface area contributed by atoms with Crippen LogP contribution < -0.4 is 5.32 Å². The van der Waals surface area contributed by atoms with Crippen LogP contribution >= 0.6 is 0 Å². The van der Waals surface area contributed by atoms with Crippen molar-refractivity contribution in [3.05, 3.63) is 17.7 Å². The number of aromatic nitrogens is 2. The molecule has 1 aromatic rings. The molecule has 0 aliphatic heterocycles. The number of anilines is 1. The molecular formula is C12H17N3O2. The van der Waals surface area contributed by atoms with Crippen molar-refractivity contribution in [2.75, 3.05) is 5.32 Å². The normalized spacial score (nSPS) is 15.7. The Labute approximate surface area is 100 Å². The molecule has 2 N–H and O–H groups in total. The third-order valence-corrected chi connectivity index (χ3v) is 2.99. The maximum Gasteiger partial charge on any atom is 0.356 e. The molecule has 1 aliphatic rings. The van der Waals surface area contributed by atoms with Gasteiger partial charge in [0.05, 0.1) is 11.9 Å². The summed E-state index contributed by atoms with van der Waals surface area (Å²) < 4.78 is 0. The zero-order chi connectivity index (χ0) is 12.4. The zero-order valence-electron chi connectivity index (χ0n) is 10.1. The number of rotatable bonds is 4. The molecular weight excluding hydrogens is 218 g/mol. The second-order valence-electron chi connectivity index (χ2n) is 4.72. The highest BCUT2D eigenvalue weighted by Crippen LogP contribution is 2.25. The molecule has 17 heavy (non-hydrogen) atoms. The molecule has 5 heteroatoms. The van der Waals surface area contributed by atoms with E-state index in [1.165, 1.54) is 6.42 Å². The van der Waals surface area contributed by atoms with Crippen LogP contribution in [0.5, 0.6) is 0 Å². The molecule has 0 aromatic carbocycles. The van der Waals surface area contributed by atoms with Crippen molar-refractivity contribution >= 4 is 11.7 Å². The summed E-state index contributed by atoms with van der Waals surface area (Å²) >= 11 is 0. The minimum atomic E-state index is -1.00. The SMILES string of the molecule is CC(C)c1ncc(NC2CCC2)c(C(=O)O)n1. The first-order valence-corrected chi connectivity index (χ1v) is 5.94. The van der Waals surface area contributed by atoms with E-state index in [0.717, 1.165) is 12.8 Å². The Morgan fingerprint density at radius 1 is 1.53 bits per heavy atom. The number of nitrogens with one attached hydrogen (secondary N) is 1. The first kappa shape index (κ1) is 11.8. The van der Waals surface area contributed by atoms with Crippen LogP contribution in [0.4, 0.5) is 5.69 Å². The van der Waals surface area contributed by atoms with E-state index in [4.69, 9.17) is 5.11 Å². The molecule has 5 nitrogen and oxygen atoms in total. The lowest BCUT2D eigenvalue weighted by Gasteiger charge is -2.27. The average molecular weight is 235 g/mol. The molecule has 0 bridgehead atoms. The van der Waals surface area contributed by atoms with Gasteiger partial charge in [-0.05, 0) is 19.3 Å². The maximum atomic E-state index is 11.2. The Bertz CT molecular complexity index is 428. The minimum absolute atomic E-state index is 0.0793. The van der Waals surface area contributed by atoms with Crippen molar-refractivity contribution in [3.63, 3.8) is 0 Å². The van der Waals surface area contributed by atoms with Crippen molar-refractivity contribution in [1.82, 2.24) is 9.97 Å². The summed E-state index contributed by atoms with van der Waals surface area (Å²) in [5, 5.41) is 12.3. The van der Waals surface area contributed by atoms with Gasteiger partial charge in [-0.1, -0.05) is 13.8 Å². The van der Waals surface area contributed by atoms with Crippen molar-refractivity contribution < 1.29 is 9.90 Å². The average Bonchev–Trinajstić information content (AvgIpc) is 2.23. The molecule has 0 radical (unpaired) electrons. The first-order chi connectivity index (χ1) is 8.08. The van der Waals surface area contributed by atoms with Crippen LogP contribution in [0.1, 0.15) is 55.3 Å². The van der Waals surface area contributed by atoms with Crippen molar-refractivity contribution in [3.8, 4) is 0 Å². The van der Waals surface area contributed by atoms with Gasteiger partial charge in [-0.3, -0.25) is 0 Å². The maximum absolute atomic E-state index is 11.2. The molecule has 92 valence electrons. The quantitative estimate of drug-likeness (QED) is 0.837. The number of nitrogens with zero attached hydrogens (tertiary/aromatic N) is 2. The number of carbonyl (C=O) groups is 1. The predicted octanol–water partition coefficient (Wildman–Crippen LogP) is 2.26. The third-order valence-electron chi connectivity index (χ3n) is 2.99. The molecule has 0 unspecified atom stereocenters. The van der Waals surface area contributed by atoms with Gasteiger partial charge in [0.25, 0.3) is 0 Å². The second-order valence-corrected chi connectivity index (χ2v) is 4.72. The lowest BCUT2D eigenvalue weighted by Crippen LogP contribution is -2.28. The highest BCUT2D eigenvalue weighted by atomic mass is 16.4. The monoisotopic (exact) mass is 235 g/mol. The lowest BCUT2D eigenvalue weighted by atomic mass is 9.93. The van der Waals surface area contributed by atoms with Gasteiger partial charge in [-0.25, -0.2) is 14.8 Å². The summed E-state index contributed by atoms with van der Waals surface area (Å²) in [6.07, 6.45) is 4.96. The summed E-state index contributed by atoms with van der Waals surface area (Å²) in [4.78, 5) is 19.5. The summed E-state index contributed by atoms with van der Waals surface area (Å²) in [7, 11) is 0. The van der Waals surface area contributed by atoms with Crippen molar-refractivity contribution in [2.45, 2.75) is 45.1 Å². The zero-order valence-corrected chi connectivity index (χ0v) is 10.1. The van der Waals surface area contributed by atoms with Crippen LogP contribution in [0.2, 0.25) is 0 Å². The fourth-order valence-corrected chi connectivity index (χ4v) is 1.71. The van der Waals surface area contributed by atoms with E-state index in [9.17, 15) is 4.79 Å². The topological polar surface area (TPSA) is 75.1 Å². The number of aromatic carboxylic acids is 1. The summed E-state index contributed by atoms with van der Waals surface area (Å²) in [5.41, 5.74) is 0.613. The summed E-state index contributed by atoms with van der Waals surface area (Å²) in [6.45, 7) is 3.89. The van der Waals surface area contributed by atoms with Gasteiger partial charge in [0.2, 0.25) is 0 Å². The minimum Gasteiger partial charge on any atom is -0.476 e. The van der Waals surface area contributed by atoms with Crippen LogP contribution in [0, 0.1) is 0 Å². The van der Waals surface area contributed by atoms with E-state index in [2.05, 4.69) is 15.3 Å². The Morgan fingerprint density at radius 3 is 2.71 bits per heavy atom. The van der Waals surface area contributed by atoms with Crippen LogP contribution in [0.25, 0.3) is 0 Å². The fourth-order valence-electron chi connectivity index (χ4n) is 1.71. The number of carboxylic acids is 1. The second kappa shape index (κ2) is 4.69. The molecule has 1 aliphatic carbocycles. The van der Waals surface area contributed by atoms with Crippen LogP contribution in [-0.4, -0.2) is 27.1 Å². The third kappa shape index (κ3) is 2.54. The molecule has 0 saturated heterocycles. The van der Waals surface area contributed by atoms with E-state index in [1.807, 2.05) is 13.8 Å². The Hall–Kier alpha value is -1.65. The fraction of sp³-hybridized carbons (Fsp3) is 0.583. The van der Waals surface area contributed by atoms with Gasteiger partial charge in [0.15, 0.2) is 5.69 Å². The van der Waals surface area contributed by atoms with Gasteiger partial charge < -0.3 is 10.4 Å². The van der Waals surface area contributed by atoms with Gasteiger partial charge in [0.1, 0.15) is 5.82 Å². The van der Waals surface area contributed by atoms with Gasteiger partial charge in [-0.2, -0.15) is 0 Å². The molecule has 1 fully saturated rings. The van der Waals surface area contributed by atoms with E-state index >= 15 is 0 Å². The Balaban J connectivity index is 2.26. The lowest BCUT2D eigenvalue weighted by molar-refractivity contribution is 0.0691. The van der Waals surface area contributed by atoms with E-state index in [-0.39, 0.29) is 11.6 Å². The van der Waals surface area contributed by atoms with E-state index in [0.29, 0.717) is 17.6 Å². The van der Waals surface area contributed by atoms with E-state index in [1.54, 1.807) is 6.20 Å². The molecule has 2 rings (SSSR count). The Kier molecular flexibility index (Phi) is 3.26. The standard InChI is InChI=1S/C12H17N3O2/c1-7(2)11-13-6-9(10(15-11)12(16)17)14-8-4-3-5-8/h6-8,14H,3-5H2,1-2H3,(H,16,17). The largest absolute Gasteiger partial charge is 0.476 e. The molecule has 1 heterocycles. The number of hydrogen-bond acceptors (Lipinski definition) is 4. The van der Waals surface area contributed by atoms with Crippen LogP contribution in [0.3, 0.4) is 0 Å². The molecule has 0 spiro atoms. The highest BCUT2D eigenvalue weighted by Gasteiger charge is 2.21. The summed E-state index contributed by atoms with van der Waals surface area (Å²) in [6, 6.07) is 0.376. The number of carboxylic acid groups (broad SMARTS) is 1. The van der Waals surface area contributed by atoms with Gasteiger partial charge >= 0.3 is 5.97 Å². The smallest absolute Gasteiger partial charge is 0.356 e. The van der Waals surface area contributed by atoms with E-state index < -0.39 is 5.97 Å². The van der Waals surface area contributed by atoms with Gasteiger partial charge in [-0.15, -0.1) is 0 Å². The van der Waals surface area contributed by atoms with Crippen molar-refractivity contribution in [1.29, 1.82) is 0 Å². The van der Waals surface area contributed by atoms with Crippen LogP contribution in [0.15, 0.2) is 6.20 Å². The van der Waals surface area contributed by atoms with Crippen molar-refractivity contribution in [2.24, 2.45) is 0 Å². The molecule has 0 amide bonds.